The number of nitrogens with one attached hydrogen (secondary N) is 1. The van der Waals surface area contributed by atoms with Gasteiger partial charge in [-0.3, -0.25) is 4.79 Å². The molecular formula is C19H27ClN2O3. The summed E-state index contributed by atoms with van der Waals surface area (Å²) in [5.74, 6) is 0.200. The molecule has 0 aromatic heterocycles. The van der Waals surface area contributed by atoms with Crippen molar-refractivity contribution < 1.29 is 14.3 Å². The first-order valence-corrected chi connectivity index (χ1v) is 9.06. The Hall–Kier alpha value is -1.75. The highest BCUT2D eigenvalue weighted by atomic mass is 35.5. The van der Waals surface area contributed by atoms with Crippen molar-refractivity contribution in [1.29, 1.82) is 0 Å². The third kappa shape index (κ3) is 5.92. The standard InChI is InChI=1S/C19H27ClN2O3/c1-13-5-6-15(16(20)11-13)17(23)21-12-14-7-9-22(10-8-14)18(24)25-19(2,3)4/h5-6,11,14H,7-10,12H2,1-4H3,(H,21,23). The number of rotatable bonds is 3. The van der Waals surface area contributed by atoms with Gasteiger partial charge in [0, 0.05) is 19.6 Å². The molecule has 6 heteroatoms. The second-order valence-electron chi connectivity index (χ2n) is 7.60. The van der Waals surface area contributed by atoms with Gasteiger partial charge in [-0.15, -0.1) is 0 Å². The zero-order valence-electron chi connectivity index (χ0n) is 15.4. The van der Waals surface area contributed by atoms with E-state index in [9.17, 15) is 9.59 Å². The van der Waals surface area contributed by atoms with Crippen molar-refractivity contribution in [3.05, 3.63) is 34.3 Å². The molecule has 0 spiro atoms. The van der Waals surface area contributed by atoms with E-state index < -0.39 is 5.60 Å². The van der Waals surface area contributed by atoms with E-state index in [1.807, 2.05) is 33.8 Å². The molecule has 138 valence electrons. The van der Waals surface area contributed by atoms with Crippen molar-refractivity contribution in [2.75, 3.05) is 19.6 Å². The Bertz CT molecular complexity index is 632. The Kier molecular flexibility index (Phi) is 6.33. The van der Waals surface area contributed by atoms with E-state index in [0.717, 1.165) is 18.4 Å². The number of hydrogen-bond donors (Lipinski definition) is 1. The first-order valence-electron chi connectivity index (χ1n) is 8.68. The molecule has 1 saturated heterocycles. The highest BCUT2D eigenvalue weighted by Crippen LogP contribution is 2.20. The quantitative estimate of drug-likeness (QED) is 0.878. The number of hydrogen-bond acceptors (Lipinski definition) is 3. The predicted molar refractivity (Wildman–Crippen MR) is 99.1 cm³/mol. The fraction of sp³-hybridized carbons (Fsp3) is 0.579. The highest BCUT2D eigenvalue weighted by molar-refractivity contribution is 6.33. The fourth-order valence-corrected chi connectivity index (χ4v) is 3.10. The number of piperidine rings is 1. The minimum Gasteiger partial charge on any atom is -0.444 e. The summed E-state index contributed by atoms with van der Waals surface area (Å²) in [6.07, 6.45) is 1.43. The molecular weight excluding hydrogens is 340 g/mol. The summed E-state index contributed by atoms with van der Waals surface area (Å²) in [5.41, 5.74) is 1.05. The first-order chi connectivity index (χ1) is 11.7. The van der Waals surface area contributed by atoms with Gasteiger partial charge < -0.3 is 15.0 Å². The zero-order valence-corrected chi connectivity index (χ0v) is 16.2. The molecule has 0 unspecified atom stereocenters. The summed E-state index contributed by atoms with van der Waals surface area (Å²) in [4.78, 5) is 26.1. The summed E-state index contributed by atoms with van der Waals surface area (Å²) >= 11 is 6.13. The first kappa shape index (κ1) is 19.6. The van der Waals surface area contributed by atoms with E-state index in [1.54, 1.807) is 17.0 Å². The minimum absolute atomic E-state index is 0.153. The number of halogens is 1. The van der Waals surface area contributed by atoms with Crippen LogP contribution in [0.4, 0.5) is 4.79 Å². The summed E-state index contributed by atoms with van der Waals surface area (Å²) in [5, 5.41) is 3.42. The second-order valence-corrected chi connectivity index (χ2v) is 8.01. The molecule has 1 aliphatic rings. The minimum atomic E-state index is -0.477. The van der Waals surface area contributed by atoms with Gasteiger partial charge >= 0.3 is 6.09 Å². The Morgan fingerprint density at radius 1 is 1.28 bits per heavy atom. The molecule has 0 saturated carbocycles. The lowest BCUT2D eigenvalue weighted by molar-refractivity contribution is 0.0183. The number of benzene rings is 1. The lowest BCUT2D eigenvalue weighted by Gasteiger charge is -2.33. The lowest BCUT2D eigenvalue weighted by Crippen LogP contribution is -2.43. The Balaban J connectivity index is 1.78. The normalized spacial score (nSPS) is 15.8. The van der Waals surface area contributed by atoms with Crippen LogP contribution in [0.2, 0.25) is 5.02 Å². The van der Waals surface area contributed by atoms with Gasteiger partial charge in [0.1, 0.15) is 5.60 Å². The molecule has 2 rings (SSSR count). The topological polar surface area (TPSA) is 58.6 Å². The highest BCUT2D eigenvalue weighted by Gasteiger charge is 2.27. The molecule has 25 heavy (non-hydrogen) atoms. The number of carbonyl (C=O) groups is 2. The maximum Gasteiger partial charge on any atom is 0.410 e. The Morgan fingerprint density at radius 2 is 1.92 bits per heavy atom. The van der Waals surface area contributed by atoms with E-state index >= 15 is 0 Å². The zero-order chi connectivity index (χ0) is 18.6. The summed E-state index contributed by atoms with van der Waals surface area (Å²) in [7, 11) is 0. The summed E-state index contributed by atoms with van der Waals surface area (Å²) < 4.78 is 5.39. The van der Waals surface area contributed by atoms with E-state index in [-0.39, 0.29) is 12.0 Å². The van der Waals surface area contributed by atoms with Crippen LogP contribution in [-0.2, 0) is 4.74 Å². The van der Waals surface area contributed by atoms with Crippen LogP contribution in [0, 0.1) is 12.8 Å². The summed E-state index contributed by atoms with van der Waals surface area (Å²) in [6.45, 7) is 9.43. The second kappa shape index (κ2) is 8.09. The number of likely N-dealkylation sites (tertiary alicyclic amines) is 1. The van der Waals surface area contributed by atoms with Gasteiger partial charge in [0.2, 0.25) is 0 Å². The van der Waals surface area contributed by atoms with Crippen LogP contribution in [-0.4, -0.2) is 42.1 Å². The maximum atomic E-state index is 12.3. The molecule has 0 aliphatic carbocycles. The van der Waals surface area contributed by atoms with E-state index in [2.05, 4.69) is 5.32 Å². The fourth-order valence-electron chi connectivity index (χ4n) is 2.78. The van der Waals surface area contributed by atoms with Gasteiger partial charge in [-0.2, -0.15) is 0 Å². The largest absolute Gasteiger partial charge is 0.444 e. The number of amides is 2. The van der Waals surface area contributed by atoms with Crippen LogP contribution < -0.4 is 5.32 Å². The maximum absolute atomic E-state index is 12.3. The molecule has 1 aliphatic heterocycles. The van der Waals surface area contributed by atoms with Gasteiger partial charge in [0.05, 0.1) is 10.6 Å². The number of aryl methyl sites for hydroxylation is 1. The average molecular weight is 367 g/mol. The van der Waals surface area contributed by atoms with Crippen LogP contribution >= 0.6 is 11.6 Å². The van der Waals surface area contributed by atoms with Gasteiger partial charge in [-0.1, -0.05) is 17.7 Å². The van der Waals surface area contributed by atoms with Gasteiger partial charge in [-0.05, 0) is 64.2 Å². The molecule has 1 fully saturated rings. The van der Waals surface area contributed by atoms with Crippen LogP contribution in [0.15, 0.2) is 18.2 Å². The van der Waals surface area contributed by atoms with Crippen molar-refractivity contribution >= 4 is 23.6 Å². The number of ether oxygens (including phenoxy) is 1. The van der Waals surface area contributed by atoms with Crippen molar-refractivity contribution in [3.8, 4) is 0 Å². The van der Waals surface area contributed by atoms with Crippen molar-refractivity contribution in [2.24, 2.45) is 5.92 Å². The lowest BCUT2D eigenvalue weighted by atomic mass is 9.97. The third-order valence-electron chi connectivity index (χ3n) is 4.19. The van der Waals surface area contributed by atoms with Crippen LogP contribution in [0.1, 0.15) is 49.5 Å². The number of nitrogens with zero attached hydrogens (tertiary/aromatic N) is 1. The predicted octanol–water partition coefficient (Wildman–Crippen LogP) is 4.03. The van der Waals surface area contributed by atoms with E-state index in [4.69, 9.17) is 16.3 Å². The monoisotopic (exact) mass is 366 g/mol. The molecule has 0 radical (unpaired) electrons. The van der Waals surface area contributed by atoms with Crippen molar-refractivity contribution in [1.82, 2.24) is 10.2 Å². The molecule has 1 N–H and O–H groups in total. The smallest absolute Gasteiger partial charge is 0.410 e. The molecule has 2 amide bonds. The molecule has 1 aromatic rings. The van der Waals surface area contributed by atoms with Gasteiger partial charge in [0.15, 0.2) is 0 Å². The molecule has 0 bridgehead atoms. The van der Waals surface area contributed by atoms with Crippen molar-refractivity contribution in [2.45, 2.75) is 46.1 Å². The Labute approximate surface area is 154 Å². The van der Waals surface area contributed by atoms with Crippen LogP contribution in [0.5, 0.6) is 0 Å². The average Bonchev–Trinajstić information content (AvgIpc) is 2.51. The van der Waals surface area contributed by atoms with E-state index in [0.29, 0.717) is 36.1 Å². The van der Waals surface area contributed by atoms with Crippen LogP contribution in [0.25, 0.3) is 0 Å². The van der Waals surface area contributed by atoms with Crippen LogP contribution in [0.3, 0.4) is 0 Å². The summed E-state index contributed by atoms with van der Waals surface area (Å²) in [6, 6.07) is 5.41. The van der Waals surface area contributed by atoms with Gasteiger partial charge in [0.25, 0.3) is 5.91 Å². The molecule has 0 atom stereocenters. The van der Waals surface area contributed by atoms with E-state index in [1.165, 1.54) is 0 Å². The SMILES string of the molecule is Cc1ccc(C(=O)NCC2CCN(C(=O)OC(C)(C)C)CC2)c(Cl)c1. The number of carbonyl (C=O) groups excluding carboxylic acids is 2. The Morgan fingerprint density at radius 3 is 2.48 bits per heavy atom. The molecule has 1 aromatic carbocycles. The van der Waals surface area contributed by atoms with Gasteiger partial charge in [-0.25, -0.2) is 4.79 Å². The molecule has 1 heterocycles. The van der Waals surface area contributed by atoms with Crippen molar-refractivity contribution in [3.63, 3.8) is 0 Å². The molecule has 5 nitrogen and oxygen atoms in total. The third-order valence-corrected chi connectivity index (χ3v) is 4.50.